The quantitative estimate of drug-likeness (QED) is 0.870. The molecule has 0 amide bonds. The summed E-state index contributed by atoms with van der Waals surface area (Å²) in [6, 6.07) is 10.1. The molecule has 0 bridgehead atoms. The van der Waals surface area contributed by atoms with E-state index in [9.17, 15) is 5.11 Å². The average molecular weight is 236 g/mol. The van der Waals surface area contributed by atoms with Gasteiger partial charge in [0.05, 0.1) is 24.9 Å². The first kappa shape index (κ1) is 12.6. The fourth-order valence-corrected chi connectivity index (χ4v) is 2.30. The Balaban J connectivity index is 1.78. The van der Waals surface area contributed by atoms with E-state index in [1.165, 1.54) is 5.56 Å². The lowest BCUT2D eigenvalue weighted by Crippen LogP contribution is -2.38. The zero-order chi connectivity index (χ0) is 12.1. The monoisotopic (exact) mass is 236 g/mol. The number of hydrogen-bond acceptors (Lipinski definition) is 3. The molecule has 0 heterocycles. The largest absolute Gasteiger partial charge is 0.390 e. The molecule has 0 saturated heterocycles. The number of aliphatic hydroxyl groups excluding tert-OH is 1. The van der Waals surface area contributed by atoms with E-state index >= 15 is 0 Å². The van der Waals surface area contributed by atoms with Crippen LogP contribution in [0.25, 0.3) is 0 Å². The maximum absolute atomic E-state index is 9.83. The molecular weight excluding hydrogens is 216 g/mol. The molecular formula is C14H20O3. The first-order valence-corrected chi connectivity index (χ1v) is 6.16. The second kappa shape index (κ2) is 6.15. The molecule has 0 aliphatic heterocycles. The van der Waals surface area contributed by atoms with E-state index in [0.29, 0.717) is 13.0 Å². The molecule has 0 spiro atoms. The van der Waals surface area contributed by atoms with Gasteiger partial charge in [0.25, 0.3) is 0 Å². The Morgan fingerprint density at radius 3 is 2.65 bits per heavy atom. The van der Waals surface area contributed by atoms with Crippen LogP contribution < -0.4 is 0 Å². The summed E-state index contributed by atoms with van der Waals surface area (Å²) in [5.41, 5.74) is 1.18. The summed E-state index contributed by atoms with van der Waals surface area (Å²) in [5.74, 6) is 0. The van der Waals surface area contributed by atoms with Crippen LogP contribution in [0.1, 0.15) is 24.8 Å². The molecule has 0 unspecified atom stereocenters. The maximum Gasteiger partial charge on any atom is 0.0832 e. The van der Waals surface area contributed by atoms with Gasteiger partial charge in [0.15, 0.2) is 0 Å². The van der Waals surface area contributed by atoms with Gasteiger partial charge in [-0.15, -0.1) is 0 Å². The Labute approximate surface area is 102 Å². The Morgan fingerprint density at radius 1 is 1.24 bits per heavy atom. The van der Waals surface area contributed by atoms with E-state index < -0.39 is 6.10 Å². The van der Waals surface area contributed by atoms with Crippen molar-refractivity contribution in [2.75, 3.05) is 7.11 Å². The fraction of sp³-hybridized carbons (Fsp3) is 0.571. The van der Waals surface area contributed by atoms with Crippen molar-refractivity contribution in [1.29, 1.82) is 0 Å². The molecule has 17 heavy (non-hydrogen) atoms. The topological polar surface area (TPSA) is 38.7 Å². The average Bonchev–Trinajstić information content (AvgIpc) is 2.38. The smallest absolute Gasteiger partial charge is 0.0832 e. The lowest BCUT2D eigenvalue weighted by Gasteiger charge is -2.32. The molecule has 1 aromatic carbocycles. The van der Waals surface area contributed by atoms with Gasteiger partial charge in [-0.25, -0.2) is 0 Å². The van der Waals surface area contributed by atoms with Crippen LogP contribution in [0, 0.1) is 0 Å². The van der Waals surface area contributed by atoms with Gasteiger partial charge in [-0.3, -0.25) is 0 Å². The highest BCUT2D eigenvalue weighted by atomic mass is 16.5. The third-order valence-corrected chi connectivity index (χ3v) is 3.34. The first-order chi connectivity index (χ1) is 8.29. The molecule has 1 saturated carbocycles. The van der Waals surface area contributed by atoms with Gasteiger partial charge in [0.2, 0.25) is 0 Å². The Bertz CT molecular complexity index is 325. The zero-order valence-electron chi connectivity index (χ0n) is 10.2. The summed E-state index contributed by atoms with van der Waals surface area (Å²) in [6.07, 6.45) is 2.24. The Kier molecular flexibility index (Phi) is 4.54. The molecule has 1 aliphatic carbocycles. The van der Waals surface area contributed by atoms with Crippen LogP contribution in [-0.2, 0) is 16.1 Å². The third-order valence-electron chi connectivity index (χ3n) is 3.34. The molecule has 1 N–H and O–H groups in total. The second-order valence-electron chi connectivity index (χ2n) is 4.57. The van der Waals surface area contributed by atoms with Crippen LogP contribution in [0.4, 0.5) is 0 Å². The summed E-state index contributed by atoms with van der Waals surface area (Å²) >= 11 is 0. The molecule has 1 aliphatic rings. The Morgan fingerprint density at radius 2 is 2.00 bits per heavy atom. The highest BCUT2D eigenvalue weighted by Gasteiger charge is 2.29. The van der Waals surface area contributed by atoms with E-state index in [0.717, 1.165) is 12.8 Å². The van der Waals surface area contributed by atoms with Crippen LogP contribution in [0.15, 0.2) is 30.3 Å². The van der Waals surface area contributed by atoms with E-state index in [2.05, 4.69) is 12.1 Å². The molecule has 0 radical (unpaired) electrons. The molecule has 3 heteroatoms. The minimum atomic E-state index is -0.394. The van der Waals surface area contributed by atoms with Crippen molar-refractivity contribution in [2.45, 2.75) is 44.2 Å². The molecule has 0 aromatic heterocycles. The van der Waals surface area contributed by atoms with Crippen molar-refractivity contribution in [1.82, 2.24) is 0 Å². The minimum absolute atomic E-state index is 0.0217. The molecule has 94 valence electrons. The maximum atomic E-state index is 9.83. The SMILES string of the molecule is CO[C@@H]1CC[C@@H](OCc2ccccc2)C[C@H]1O. The zero-order valence-corrected chi connectivity index (χ0v) is 10.2. The van der Waals surface area contributed by atoms with Crippen molar-refractivity contribution < 1.29 is 14.6 Å². The third kappa shape index (κ3) is 3.53. The summed E-state index contributed by atoms with van der Waals surface area (Å²) in [5, 5.41) is 9.83. The molecule has 1 aromatic rings. The predicted molar refractivity (Wildman–Crippen MR) is 65.7 cm³/mol. The van der Waals surface area contributed by atoms with Crippen molar-refractivity contribution in [2.24, 2.45) is 0 Å². The number of rotatable bonds is 4. The summed E-state index contributed by atoms with van der Waals surface area (Å²) in [6.45, 7) is 0.621. The van der Waals surface area contributed by atoms with Crippen LogP contribution in [0.5, 0.6) is 0 Å². The van der Waals surface area contributed by atoms with Gasteiger partial charge in [-0.2, -0.15) is 0 Å². The van der Waals surface area contributed by atoms with E-state index in [1.807, 2.05) is 18.2 Å². The van der Waals surface area contributed by atoms with Crippen molar-refractivity contribution in [3.63, 3.8) is 0 Å². The minimum Gasteiger partial charge on any atom is -0.390 e. The van der Waals surface area contributed by atoms with E-state index in [4.69, 9.17) is 9.47 Å². The summed E-state index contributed by atoms with van der Waals surface area (Å²) in [7, 11) is 1.65. The Hall–Kier alpha value is -0.900. The fourth-order valence-electron chi connectivity index (χ4n) is 2.30. The second-order valence-corrected chi connectivity index (χ2v) is 4.57. The van der Waals surface area contributed by atoms with Crippen molar-refractivity contribution >= 4 is 0 Å². The predicted octanol–water partition coefficient (Wildman–Crippen LogP) is 2.13. The summed E-state index contributed by atoms with van der Waals surface area (Å²) < 4.78 is 11.0. The number of methoxy groups -OCH3 is 1. The van der Waals surface area contributed by atoms with Gasteiger partial charge in [0.1, 0.15) is 0 Å². The van der Waals surface area contributed by atoms with E-state index in [1.54, 1.807) is 7.11 Å². The number of aliphatic hydroxyl groups is 1. The van der Waals surface area contributed by atoms with Gasteiger partial charge < -0.3 is 14.6 Å². The first-order valence-electron chi connectivity index (χ1n) is 6.16. The highest BCUT2D eigenvalue weighted by molar-refractivity contribution is 5.13. The lowest BCUT2D eigenvalue weighted by atomic mass is 9.92. The number of benzene rings is 1. The molecule has 3 nitrogen and oxygen atoms in total. The van der Waals surface area contributed by atoms with Crippen LogP contribution in [0.2, 0.25) is 0 Å². The van der Waals surface area contributed by atoms with Crippen LogP contribution >= 0.6 is 0 Å². The van der Waals surface area contributed by atoms with Crippen molar-refractivity contribution in [3.05, 3.63) is 35.9 Å². The van der Waals surface area contributed by atoms with Crippen LogP contribution in [-0.4, -0.2) is 30.5 Å². The summed E-state index contributed by atoms with van der Waals surface area (Å²) in [4.78, 5) is 0. The normalized spacial score (nSPS) is 29.2. The highest BCUT2D eigenvalue weighted by Crippen LogP contribution is 2.24. The molecule has 1 fully saturated rings. The molecule has 2 rings (SSSR count). The van der Waals surface area contributed by atoms with Crippen LogP contribution in [0.3, 0.4) is 0 Å². The van der Waals surface area contributed by atoms with Gasteiger partial charge >= 0.3 is 0 Å². The number of ether oxygens (including phenoxy) is 2. The van der Waals surface area contributed by atoms with Gasteiger partial charge in [-0.1, -0.05) is 30.3 Å². The van der Waals surface area contributed by atoms with Gasteiger partial charge in [-0.05, 0) is 18.4 Å². The standard InChI is InChI=1S/C14H20O3/c1-16-14-8-7-12(9-13(14)15)17-10-11-5-3-2-4-6-11/h2-6,12-15H,7-10H2,1H3/t12-,13-,14-/m1/s1. The molecule has 3 atom stereocenters. The van der Waals surface area contributed by atoms with Gasteiger partial charge in [0, 0.05) is 13.5 Å². The van der Waals surface area contributed by atoms with E-state index in [-0.39, 0.29) is 12.2 Å². The van der Waals surface area contributed by atoms with Crippen molar-refractivity contribution in [3.8, 4) is 0 Å². The lowest BCUT2D eigenvalue weighted by molar-refractivity contribution is -0.0905. The number of hydrogen-bond donors (Lipinski definition) is 1.